The largest absolute Gasteiger partial charge is 0.341 e. The number of carbonyl (C=O) groups excluding carboxylic acids is 2. The summed E-state index contributed by atoms with van der Waals surface area (Å²) in [6.07, 6.45) is 9.55. The predicted octanol–water partition coefficient (Wildman–Crippen LogP) is 2.02. The van der Waals surface area contributed by atoms with Gasteiger partial charge < -0.3 is 15.1 Å². The molecule has 24 heavy (non-hydrogen) atoms. The second-order valence-corrected chi connectivity index (χ2v) is 7.87. The Balaban J connectivity index is 1.40. The van der Waals surface area contributed by atoms with Gasteiger partial charge in [-0.3, -0.25) is 9.59 Å². The molecule has 0 aromatic heterocycles. The summed E-state index contributed by atoms with van der Waals surface area (Å²) in [4.78, 5) is 29.0. The molecule has 1 atom stereocenters. The molecular weight excluding hydrogens is 302 g/mol. The minimum absolute atomic E-state index is 0.284. The van der Waals surface area contributed by atoms with Crippen molar-refractivity contribution in [2.24, 2.45) is 11.8 Å². The normalized spacial score (nSPS) is 25.9. The van der Waals surface area contributed by atoms with Crippen LogP contribution in [-0.2, 0) is 9.59 Å². The van der Waals surface area contributed by atoms with Crippen LogP contribution in [-0.4, -0.2) is 60.9 Å². The molecule has 3 fully saturated rings. The average molecular weight is 335 g/mol. The zero-order valence-corrected chi connectivity index (χ0v) is 15.0. The van der Waals surface area contributed by atoms with Crippen molar-refractivity contribution < 1.29 is 9.59 Å². The molecule has 2 amide bonds. The molecule has 0 bridgehead atoms. The van der Waals surface area contributed by atoms with E-state index in [0.29, 0.717) is 24.2 Å². The summed E-state index contributed by atoms with van der Waals surface area (Å²) in [6.45, 7) is 5.24. The topological polar surface area (TPSA) is 52.7 Å². The first kappa shape index (κ1) is 17.7. The van der Waals surface area contributed by atoms with Gasteiger partial charge in [-0.1, -0.05) is 12.8 Å². The van der Waals surface area contributed by atoms with Crippen molar-refractivity contribution in [1.29, 1.82) is 0 Å². The summed E-state index contributed by atoms with van der Waals surface area (Å²) in [5.74, 6) is 1.88. The van der Waals surface area contributed by atoms with E-state index in [9.17, 15) is 9.59 Å². The minimum atomic E-state index is 0.284. The Hall–Kier alpha value is -1.10. The van der Waals surface area contributed by atoms with Crippen LogP contribution in [0.1, 0.15) is 57.8 Å². The monoisotopic (exact) mass is 335 g/mol. The van der Waals surface area contributed by atoms with E-state index in [1.54, 1.807) is 0 Å². The van der Waals surface area contributed by atoms with E-state index in [0.717, 1.165) is 58.5 Å². The van der Waals surface area contributed by atoms with Crippen molar-refractivity contribution in [1.82, 2.24) is 15.1 Å². The van der Waals surface area contributed by atoms with Crippen molar-refractivity contribution in [2.45, 2.75) is 57.8 Å². The fourth-order valence-electron chi connectivity index (χ4n) is 4.45. The lowest BCUT2D eigenvalue weighted by atomic mass is 10.0. The number of nitrogens with zero attached hydrogens (tertiary/aromatic N) is 2. The van der Waals surface area contributed by atoms with Gasteiger partial charge in [0.1, 0.15) is 0 Å². The van der Waals surface area contributed by atoms with Crippen molar-refractivity contribution in [3.05, 3.63) is 0 Å². The van der Waals surface area contributed by atoms with Crippen LogP contribution in [0.15, 0.2) is 0 Å². The van der Waals surface area contributed by atoms with Crippen LogP contribution in [0.25, 0.3) is 0 Å². The van der Waals surface area contributed by atoms with E-state index in [1.807, 2.05) is 9.80 Å². The van der Waals surface area contributed by atoms with Gasteiger partial charge in [-0.2, -0.15) is 0 Å². The Bertz CT molecular complexity index is 428. The number of hydrogen-bond acceptors (Lipinski definition) is 3. The van der Waals surface area contributed by atoms with Crippen molar-refractivity contribution >= 4 is 11.8 Å². The third-order valence-corrected chi connectivity index (χ3v) is 6.07. The van der Waals surface area contributed by atoms with Gasteiger partial charge in [-0.05, 0) is 57.0 Å². The molecule has 2 saturated heterocycles. The number of carbonyl (C=O) groups is 2. The third kappa shape index (κ3) is 4.95. The highest BCUT2D eigenvalue weighted by molar-refractivity contribution is 5.78. The molecule has 0 aromatic carbocycles. The van der Waals surface area contributed by atoms with Crippen molar-refractivity contribution in [3.63, 3.8) is 0 Å². The van der Waals surface area contributed by atoms with Crippen LogP contribution in [0, 0.1) is 11.8 Å². The fraction of sp³-hybridized carbons (Fsp3) is 0.895. The minimum Gasteiger partial charge on any atom is -0.341 e. The van der Waals surface area contributed by atoms with Crippen LogP contribution in [0.4, 0.5) is 0 Å². The second kappa shape index (κ2) is 8.84. The first-order valence-corrected chi connectivity index (χ1v) is 9.98. The Labute approximate surface area is 146 Å². The lowest BCUT2D eigenvalue weighted by Gasteiger charge is -2.23. The highest BCUT2D eigenvalue weighted by atomic mass is 16.2. The smallest absolute Gasteiger partial charge is 0.222 e. The Morgan fingerprint density at radius 2 is 1.54 bits per heavy atom. The molecule has 136 valence electrons. The Morgan fingerprint density at radius 3 is 2.21 bits per heavy atom. The molecule has 3 rings (SSSR count). The maximum Gasteiger partial charge on any atom is 0.222 e. The quantitative estimate of drug-likeness (QED) is 0.836. The highest BCUT2D eigenvalue weighted by Crippen LogP contribution is 2.28. The van der Waals surface area contributed by atoms with E-state index >= 15 is 0 Å². The number of nitrogens with one attached hydrogen (secondary N) is 1. The van der Waals surface area contributed by atoms with Crippen LogP contribution >= 0.6 is 0 Å². The van der Waals surface area contributed by atoms with Crippen molar-refractivity contribution in [2.75, 3.05) is 39.3 Å². The van der Waals surface area contributed by atoms with Crippen LogP contribution < -0.4 is 5.32 Å². The van der Waals surface area contributed by atoms with E-state index < -0.39 is 0 Å². The Kier molecular flexibility index (Phi) is 6.52. The number of hydrogen-bond donors (Lipinski definition) is 1. The first-order valence-electron chi connectivity index (χ1n) is 9.98. The maximum atomic E-state index is 12.5. The molecule has 0 spiro atoms. The summed E-state index contributed by atoms with van der Waals surface area (Å²) in [7, 11) is 0. The van der Waals surface area contributed by atoms with Crippen LogP contribution in [0.3, 0.4) is 0 Å². The highest BCUT2D eigenvalue weighted by Gasteiger charge is 2.25. The van der Waals surface area contributed by atoms with E-state index in [1.165, 1.54) is 32.1 Å². The van der Waals surface area contributed by atoms with Crippen LogP contribution in [0.5, 0.6) is 0 Å². The molecule has 1 unspecified atom stereocenters. The Morgan fingerprint density at radius 1 is 0.833 bits per heavy atom. The summed E-state index contributed by atoms with van der Waals surface area (Å²) < 4.78 is 0. The summed E-state index contributed by atoms with van der Waals surface area (Å²) in [5, 5.41) is 3.36. The van der Waals surface area contributed by atoms with Gasteiger partial charge in [0, 0.05) is 39.0 Å². The summed E-state index contributed by atoms with van der Waals surface area (Å²) in [5.41, 5.74) is 0. The standard InChI is InChI=1S/C19H33N3O2/c23-18(7-6-17-8-9-20-15-17)21-10-3-11-22(13-12-21)19(24)14-16-4-1-2-5-16/h16-17,20H,1-15H2. The lowest BCUT2D eigenvalue weighted by molar-refractivity contribution is -0.134. The average Bonchev–Trinajstić information content (AvgIpc) is 3.22. The third-order valence-electron chi connectivity index (χ3n) is 6.07. The molecule has 2 aliphatic heterocycles. The maximum absolute atomic E-state index is 12.5. The molecule has 3 aliphatic rings. The molecule has 5 nitrogen and oxygen atoms in total. The van der Waals surface area contributed by atoms with Crippen molar-refractivity contribution in [3.8, 4) is 0 Å². The molecule has 0 aromatic rings. The van der Waals surface area contributed by atoms with Gasteiger partial charge in [0.25, 0.3) is 0 Å². The zero-order valence-electron chi connectivity index (χ0n) is 15.0. The molecular formula is C19H33N3O2. The second-order valence-electron chi connectivity index (χ2n) is 7.87. The van der Waals surface area contributed by atoms with Gasteiger partial charge in [-0.15, -0.1) is 0 Å². The van der Waals surface area contributed by atoms with Crippen LogP contribution in [0.2, 0.25) is 0 Å². The van der Waals surface area contributed by atoms with E-state index in [4.69, 9.17) is 0 Å². The van der Waals surface area contributed by atoms with E-state index in [2.05, 4.69) is 5.32 Å². The lowest BCUT2D eigenvalue weighted by Crippen LogP contribution is -2.37. The molecule has 2 heterocycles. The fourth-order valence-corrected chi connectivity index (χ4v) is 4.45. The molecule has 1 N–H and O–H groups in total. The van der Waals surface area contributed by atoms with Gasteiger partial charge in [0.05, 0.1) is 0 Å². The SMILES string of the molecule is O=C(CCC1CCNC1)N1CCCN(C(=O)CC2CCCC2)CC1. The summed E-state index contributed by atoms with van der Waals surface area (Å²) in [6, 6.07) is 0. The number of rotatable bonds is 5. The predicted molar refractivity (Wildman–Crippen MR) is 94.6 cm³/mol. The summed E-state index contributed by atoms with van der Waals surface area (Å²) >= 11 is 0. The van der Waals surface area contributed by atoms with Gasteiger partial charge >= 0.3 is 0 Å². The molecule has 1 saturated carbocycles. The van der Waals surface area contributed by atoms with Gasteiger partial charge in [0.15, 0.2) is 0 Å². The molecule has 1 aliphatic carbocycles. The van der Waals surface area contributed by atoms with Gasteiger partial charge in [0.2, 0.25) is 11.8 Å². The molecule has 5 heteroatoms. The number of amides is 2. The van der Waals surface area contributed by atoms with E-state index in [-0.39, 0.29) is 5.91 Å². The zero-order chi connectivity index (χ0) is 16.8. The molecule has 0 radical (unpaired) electrons. The first-order chi connectivity index (χ1) is 11.7. The van der Waals surface area contributed by atoms with Gasteiger partial charge in [-0.25, -0.2) is 0 Å².